The summed E-state index contributed by atoms with van der Waals surface area (Å²) < 4.78 is 28.2. The number of anilines is 1. The van der Waals surface area contributed by atoms with E-state index >= 15 is 0 Å². The van der Waals surface area contributed by atoms with Crippen molar-refractivity contribution >= 4 is 27.3 Å². The first-order valence-corrected chi connectivity index (χ1v) is 11.0. The molecule has 0 aliphatic rings. The molecule has 170 valence electrons. The largest absolute Gasteiger partial charge is 0.493 e. The number of nitrogens with one attached hydrogen (secondary N) is 1. The van der Waals surface area contributed by atoms with Gasteiger partial charge in [0.1, 0.15) is 11.6 Å². The predicted octanol–water partition coefficient (Wildman–Crippen LogP) is 2.04. The van der Waals surface area contributed by atoms with Gasteiger partial charge in [-0.15, -0.1) is 5.11 Å². The summed E-state index contributed by atoms with van der Waals surface area (Å²) >= 11 is 0. The molecular formula is C20H19N7O5S. The van der Waals surface area contributed by atoms with Gasteiger partial charge in [0.2, 0.25) is 11.8 Å². The van der Waals surface area contributed by atoms with Crippen molar-refractivity contribution in [3.63, 3.8) is 0 Å². The van der Waals surface area contributed by atoms with Gasteiger partial charge in [0, 0.05) is 17.5 Å². The average molecular weight is 469 g/mol. The van der Waals surface area contributed by atoms with Crippen molar-refractivity contribution in [3.8, 4) is 11.9 Å². The lowest BCUT2D eigenvalue weighted by Gasteiger charge is -2.11. The molecule has 0 radical (unpaired) electrons. The van der Waals surface area contributed by atoms with Crippen molar-refractivity contribution < 1.29 is 18.6 Å². The van der Waals surface area contributed by atoms with Crippen LogP contribution < -0.4 is 10.3 Å². The van der Waals surface area contributed by atoms with E-state index in [1.165, 1.54) is 37.4 Å². The molecule has 2 aromatic heterocycles. The average Bonchev–Trinajstić information content (AvgIpc) is 2.77. The molecule has 0 saturated carbocycles. The van der Waals surface area contributed by atoms with Gasteiger partial charge in [0.05, 0.1) is 23.7 Å². The molecule has 0 atom stereocenters. The Hall–Kier alpha value is -4.15. The fourth-order valence-electron chi connectivity index (χ4n) is 2.84. The van der Waals surface area contributed by atoms with Gasteiger partial charge in [-0.1, -0.05) is 0 Å². The minimum atomic E-state index is -3.94. The van der Waals surface area contributed by atoms with E-state index in [1.54, 1.807) is 19.1 Å². The molecule has 0 fully saturated rings. The van der Waals surface area contributed by atoms with Crippen molar-refractivity contribution in [2.24, 2.45) is 10.2 Å². The van der Waals surface area contributed by atoms with E-state index in [9.17, 15) is 23.6 Å². The summed E-state index contributed by atoms with van der Waals surface area (Å²) in [6.45, 7) is 2.47. The molecule has 12 nitrogen and oxygen atoms in total. The number of aromatic hydroxyl groups is 1. The van der Waals surface area contributed by atoms with Gasteiger partial charge in [-0.2, -0.15) is 10.4 Å². The summed E-state index contributed by atoms with van der Waals surface area (Å²) in [5.74, 6) is -0.623. The van der Waals surface area contributed by atoms with Crippen LogP contribution in [-0.4, -0.2) is 39.8 Å². The van der Waals surface area contributed by atoms with E-state index in [0.29, 0.717) is 5.69 Å². The van der Waals surface area contributed by atoms with Crippen LogP contribution in [0, 0.1) is 25.2 Å². The van der Waals surface area contributed by atoms with Crippen molar-refractivity contribution in [1.29, 1.82) is 5.26 Å². The number of aliphatic hydroxyl groups excluding tert-OH is 1. The molecule has 0 amide bonds. The van der Waals surface area contributed by atoms with Crippen LogP contribution in [0.5, 0.6) is 5.88 Å². The van der Waals surface area contributed by atoms with Crippen molar-refractivity contribution in [2.45, 2.75) is 25.3 Å². The molecule has 1 aromatic carbocycles. The highest BCUT2D eigenvalue weighted by molar-refractivity contribution is 7.92. The summed E-state index contributed by atoms with van der Waals surface area (Å²) in [6, 6.07) is 8.77. The van der Waals surface area contributed by atoms with Gasteiger partial charge < -0.3 is 10.2 Å². The highest BCUT2D eigenvalue weighted by atomic mass is 32.2. The van der Waals surface area contributed by atoms with Crippen LogP contribution in [0.4, 0.5) is 17.3 Å². The fourth-order valence-corrected chi connectivity index (χ4v) is 3.79. The number of aromatic nitrogens is 3. The predicted molar refractivity (Wildman–Crippen MR) is 117 cm³/mol. The second-order valence-corrected chi connectivity index (χ2v) is 8.47. The van der Waals surface area contributed by atoms with E-state index in [0.717, 1.165) is 4.57 Å². The van der Waals surface area contributed by atoms with Crippen LogP contribution in [0.3, 0.4) is 0 Å². The topological polar surface area (TPSA) is 183 Å². The summed E-state index contributed by atoms with van der Waals surface area (Å²) in [5, 5.41) is 36.4. The van der Waals surface area contributed by atoms with Crippen molar-refractivity contribution in [2.75, 3.05) is 11.3 Å². The zero-order valence-corrected chi connectivity index (χ0v) is 18.4. The first kappa shape index (κ1) is 23.5. The van der Waals surface area contributed by atoms with Crippen molar-refractivity contribution in [1.82, 2.24) is 14.5 Å². The van der Waals surface area contributed by atoms with Crippen LogP contribution in [0.25, 0.3) is 0 Å². The van der Waals surface area contributed by atoms with Crippen LogP contribution in [-0.2, 0) is 16.6 Å². The van der Waals surface area contributed by atoms with E-state index in [1.807, 2.05) is 0 Å². The third-order valence-corrected chi connectivity index (χ3v) is 5.87. The Morgan fingerprint density at radius 2 is 1.88 bits per heavy atom. The van der Waals surface area contributed by atoms with Crippen LogP contribution >= 0.6 is 0 Å². The van der Waals surface area contributed by atoms with Gasteiger partial charge in [0.25, 0.3) is 15.6 Å². The molecule has 0 bridgehead atoms. The number of pyridine rings is 1. The quantitative estimate of drug-likeness (QED) is 0.439. The first-order valence-electron chi connectivity index (χ1n) is 9.49. The SMILES string of the molecule is Cc1ccnc(NS(=O)(=O)c2ccc(N=Nc3c(C)c(C#N)c(O)n(CCO)c3=O)cc2)n1. The fraction of sp³-hybridized carbons (Fsp3) is 0.200. The van der Waals surface area contributed by atoms with E-state index < -0.39 is 28.1 Å². The Bertz CT molecular complexity index is 1420. The smallest absolute Gasteiger partial charge is 0.281 e. The summed E-state index contributed by atoms with van der Waals surface area (Å²) in [6.07, 6.45) is 1.43. The Kier molecular flexibility index (Phi) is 6.80. The highest BCUT2D eigenvalue weighted by Gasteiger charge is 2.19. The number of azo groups is 1. The number of nitriles is 1. The Labute approximate surface area is 188 Å². The lowest BCUT2D eigenvalue weighted by Crippen LogP contribution is -2.23. The van der Waals surface area contributed by atoms with Crippen LogP contribution in [0.15, 0.2) is 56.4 Å². The monoisotopic (exact) mass is 469 g/mol. The zero-order chi connectivity index (χ0) is 24.2. The number of sulfonamides is 1. The third kappa shape index (κ3) is 5.03. The molecular weight excluding hydrogens is 450 g/mol. The lowest BCUT2D eigenvalue weighted by atomic mass is 10.1. The Morgan fingerprint density at radius 1 is 1.18 bits per heavy atom. The number of hydrogen-bond acceptors (Lipinski definition) is 10. The van der Waals surface area contributed by atoms with Gasteiger partial charge in [0.15, 0.2) is 5.69 Å². The molecule has 0 aliphatic carbocycles. The Morgan fingerprint density at radius 3 is 2.48 bits per heavy atom. The van der Waals surface area contributed by atoms with Crippen LogP contribution in [0.1, 0.15) is 16.8 Å². The molecule has 13 heteroatoms. The maximum atomic E-state index is 12.6. The summed E-state index contributed by atoms with van der Waals surface area (Å²) in [4.78, 5) is 20.4. The Balaban J connectivity index is 1.90. The molecule has 2 heterocycles. The van der Waals surface area contributed by atoms with E-state index in [2.05, 4.69) is 24.9 Å². The highest BCUT2D eigenvalue weighted by Crippen LogP contribution is 2.27. The molecule has 3 rings (SSSR count). The van der Waals surface area contributed by atoms with E-state index in [4.69, 9.17) is 5.11 Å². The number of aryl methyl sites for hydroxylation is 1. The number of hydrogen-bond donors (Lipinski definition) is 3. The van der Waals surface area contributed by atoms with Crippen LogP contribution in [0.2, 0.25) is 0 Å². The van der Waals surface area contributed by atoms with E-state index in [-0.39, 0.29) is 39.9 Å². The maximum Gasteiger partial charge on any atom is 0.281 e. The minimum Gasteiger partial charge on any atom is -0.493 e. The first-order chi connectivity index (χ1) is 15.7. The normalized spacial score (nSPS) is 11.5. The third-order valence-electron chi connectivity index (χ3n) is 4.53. The molecule has 3 N–H and O–H groups in total. The maximum absolute atomic E-state index is 12.6. The number of benzene rings is 1. The zero-order valence-electron chi connectivity index (χ0n) is 17.6. The number of aliphatic hydroxyl groups is 1. The molecule has 0 aliphatic heterocycles. The lowest BCUT2D eigenvalue weighted by molar-refractivity contribution is 0.263. The van der Waals surface area contributed by atoms with Gasteiger partial charge in [-0.05, 0) is 44.2 Å². The summed E-state index contributed by atoms with van der Waals surface area (Å²) in [7, 11) is -3.94. The number of nitrogens with zero attached hydrogens (tertiary/aromatic N) is 6. The second-order valence-electron chi connectivity index (χ2n) is 6.79. The molecule has 0 unspecified atom stereocenters. The van der Waals surface area contributed by atoms with Gasteiger partial charge >= 0.3 is 0 Å². The minimum absolute atomic E-state index is 0.0611. The van der Waals surface area contributed by atoms with Gasteiger partial charge in [-0.25, -0.2) is 23.1 Å². The summed E-state index contributed by atoms with van der Waals surface area (Å²) in [5.41, 5.74) is -0.126. The van der Waals surface area contributed by atoms with Gasteiger partial charge in [-0.3, -0.25) is 9.36 Å². The number of rotatable bonds is 7. The van der Waals surface area contributed by atoms with Crippen molar-refractivity contribution in [3.05, 3.63) is 63.7 Å². The molecule has 0 spiro atoms. The molecule has 33 heavy (non-hydrogen) atoms. The molecule has 0 saturated heterocycles. The molecule has 3 aromatic rings. The second kappa shape index (κ2) is 9.55. The standard InChI is InChI=1S/C20H19N7O5S/c1-12-7-8-22-20(23-12)26-33(31,32)15-5-3-14(4-6-15)24-25-17-13(2)16(11-21)18(29)27(9-10-28)19(17)30/h3-8,28-29H,9-10H2,1-2H3,(H,22,23,26).